The Morgan fingerprint density at radius 2 is 2.12 bits per heavy atom. The first kappa shape index (κ1) is 13.9. The van der Waals surface area contributed by atoms with Gasteiger partial charge in [0.1, 0.15) is 5.15 Å². The minimum absolute atomic E-state index is 0.0657. The molecule has 94 valence electrons. The van der Waals surface area contributed by atoms with Crippen molar-refractivity contribution in [2.24, 2.45) is 11.3 Å². The predicted octanol–water partition coefficient (Wildman–Crippen LogP) is 3.14. The summed E-state index contributed by atoms with van der Waals surface area (Å²) in [7, 11) is 0. The molecule has 0 aromatic carbocycles. The Bertz CT molecular complexity index is 401. The Morgan fingerprint density at radius 1 is 1.47 bits per heavy atom. The van der Waals surface area contributed by atoms with Gasteiger partial charge in [-0.3, -0.25) is 9.78 Å². The maximum absolute atomic E-state index is 11.8. The van der Waals surface area contributed by atoms with E-state index in [0.29, 0.717) is 12.2 Å². The second-order valence-corrected chi connectivity index (χ2v) is 5.63. The highest BCUT2D eigenvalue weighted by Crippen LogP contribution is 2.28. The molecule has 17 heavy (non-hydrogen) atoms. The molecule has 0 bridgehead atoms. The summed E-state index contributed by atoms with van der Waals surface area (Å²) < 4.78 is 0. The number of anilines is 1. The van der Waals surface area contributed by atoms with Gasteiger partial charge in [0.15, 0.2) is 5.82 Å². The third-order valence-corrected chi connectivity index (χ3v) is 3.02. The van der Waals surface area contributed by atoms with Crippen molar-refractivity contribution < 1.29 is 4.79 Å². The fourth-order valence-corrected chi connectivity index (χ4v) is 1.33. The third kappa shape index (κ3) is 4.69. The molecule has 0 saturated heterocycles. The summed E-state index contributed by atoms with van der Waals surface area (Å²) in [4.78, 5) is 19.6. The van der Waals surface area contributed by atoms with E-state index in [-0.39, 0.29) is 22.4 Å². The molecule has 1 unspecified atom stereocenters. The van der Waals surface area contributed by atoms with Gasteiger partial charge in [-0.2, -0.15) is 0 Å². The molecular formula is C12H18ClN3O. The summed E-state index contributed by atoms with van der Waals surface area (Å²) in [6.45, 7) is 8.40. The molecule has 1 aromatic heterocycles. The molecule has 1 rings (SSSR count). The summed E-state index contributed by atoms with van der Waals surface area (Å²) in [5.41, 5.74) is 0.108. The van der Waals surface area contributed by atoms with Crippen LogP contribution in [0.5, 0.6) is 0 Å². The molecule has 1 N–H and O–H groups in total. The Labute approximate surface area is 107 Å². The number of hydrogen-bond acceptors (Lipinski definition) is 3. The summed E-state index contributed by atoms with van der Waals surface area (Å²) in [5.74, 6) is 0.613. The van der Waals surface area contributed by atoms with E-state index >= 15 is 0 Å². The van der Waals surface area contributed by atoms with Crippen LogP contribution in [0.3, 0.4) is 0 Å². The normalized spacial score (nSPS) is 13.2. The smallest absolute Gasteiger partial charge is 0.225 e. The highest BCUT2D eigenvalue weighted by Gasteiger charge is 2.22. The molecule has 0 radical (unpaired) electrons. The fraction of sp³-hybridized carbons (Fsp3) is 0.583. The van der Waals surface area contributed by atoms with Crippen molar-refractivity contribution in [3.05, 3.63) is 17.5 Å². The summed E-state index contributed by atoms with van der Waals surface area (Å²) >= 11 is 5.68. The van der Waals surface area contributed by atoms with Gasteiger partial charge < -0.3 is 5.32 Å². The third-order valence-electron chi connectivity index (χ3n) is 2.84. The van der Waals surface area contributed by atoms with Gasteiger partial charge in [0.25, 0.3) is 0 Å². The molecule has 0 aliphatic heterocycles. The quantitative estimate of drug-likeness (QED) is 0.903. The van der Waals surface area contributed by atoms with Gasteiger partial charge in [-0.05, 0) is 11.3 Å². The Kier molecular flexibility index (Phi) is 4.46. The molecule has 0 aliphatic rings. The van der Waals surface area contributed by atoms with Gasteiger partial charge >= 0.3 is 0 Å². The number of nitrogens with one attached hydrogen (secondary N) is 1. The van der Waals surface area contributed by atoms with Crippen LogP contribution in [0, 0.1) is 11.3 Å². The minimum Gasteiger partial charge on any atom is -0.309 e. The first-order valence-corrected chi connectivity index (χ1v) is 5.94. The summed E-state index contributed by atoms with van der Waals surface area (Å²) in [6, 6.07) is 0. The van der Waals surface area contributed by atoms with Crippen molar-refractivity contribution in [1.29, 1.82) is 0 Å². The predicted molar refractivity (Wildman–Crippen MR) is 68.9 cm³/mol. The molecule has 0 spiro atoms. The Balaban J connectivity index is 2.56. The zero-order valence-electron chi connectivity index (χ0n) is 10.6. The number of aromatic nitrogens is 2. The van der Waals surface area contributed by atoms with E-state index in [9.17, 15) is 4.79 Å². The maximum Gasteiger partial charge on any atom is 0.225 e. The summed E-state index contributed by atoms with van der Waals surface area (Å²) in [6.07, 6.45) is 3.36. The topological polar surface area (TPSA) is 54.9 Å². The first-order valence-electron chi connectivity index (χ1n) is 5.56. The minimum atomic E-state index is -0.0657. The number of carbonyl (C=O) groups is 1. The van der Waals surface area contributed by atoms with E-state index < -0.39 is 0 Å². The standard InChI is InChI=1S/C12H18ClN3O/c1-8(12(2,3)4)5-11(17)16-10-7-14-6-9(13)15-10/h6-8H,5H2,1-4H3,(H,15,16,17). The van der Waals surface area contributed by atoms with Crippen molar-refractivity contribution in [3.8, 4) is 0 Å². The molecule has 1 amide bonds. The fourth-order valence-electron chi connectivity index (χ4n) is 1.18. The number of rotatable bonds is 3. The second kappa shape index (κ2) is 5.45. The zero-order valence-corrected chi connectivity index (χ0v) is 11.4. The lowest BCUT2D eigenvalue weighted by atomic mass is 9.80. The van der Waals surface area contributed by atoms with Crippen LogP contribution in [0.1, 0.15) is 34.1 Å². The zero-order chi connectivity index (χ0) is 13.1. The molecule has 5 heteroatoms. The largest absolute Gasteiger partial charge is 0.309 e. The first-order chi connectivity index (χ1) is 7.79. The van der Waals surface area contributed by atoms with Crippen LogP contribution in [0.2, 0.25) is 5.15 Å². The van der Waals surface area contributed by atoms with Crippen molar-refractivity contribution in [3.63, 3.8) is 0 Å². The van der Waals surface area contributed by atoms with Crippen molar-refractivity contribution >= 4 is 23.3 Å². The van der Waals surface area contributed by atoms with Crippen LogP contribution in [0.25, 0.3) is 0 Å². The highest BCUT2D eigenvalue weighted by molar-refractivity contribution is 6.29. The van der Waals surface area contributed by atoms with Gasteiger partial charge in [-0.1, -0.05) is 39.3 Å². The monoisotopic (exact) mass is 255 g/mol. The van der Waals surface area contributed by atoms with Crippen molar-refractivity contribution in [2.75, 3.05) is 5.32 Å². The van der Waals surface area contributed by atoms with Gasteiger partial charge in [0, 0.05) is 6.42 Å². The van der Waals surface area contributed by atoms with Gasteiger partial charge in [0.2, 0.25) is 5.91 Å². The number of amides is 1. The van der Waals surface area contributed by atoms with Gasteiger partial charge in [-0.15, -0.1) is 0 Å². The molecular weight excluding hydrogens is 238 g/mol. The lowest BCUT2D eigenvalue weighted by Gasteiger charge is -2.26. The van der Waals surface area contributed by atoms with E-state index in [1.54, 1.807) is 0 Å². The number of halogens is 1. The molecule has 0 fully saturated rings. The van der Waals surface area contributed by atoms with Crippen LogP contribution in [-0.4, -0.2) is 15.9 Å². The highest BCUT2D eigenvalue weighted by atomic mass is 35.5. The van der Waals surface area contributed by atoms with Crippen LogP contribution < -0.4 is 5.32 Å². The van der Waals surface area contributed by atoms with Gasteiger partial charge in [-0.25, -0.2) is 4.98 Å². The summed E-state index contributed by atoms with van der Waals surface area (Å²) in [5, 5.41) is 2.96. The second-order valence-electron chi connectivity index (χ2n) is 5.25. The molecule has 1 atom stereocenters. The molecule has 0 aliphatic carbocycles. The van der Waals surface area contributed by atoms with E-state index in [0.717, 1.165) is 0 Å². The molecule has 4 nitrogen and oxygen atoms in total. The van der Waals surface area contributed by atoms with Crippen LogP contribution in [-0.2, 0) is 4.79 Å². The number of nitrogens with zero attached hydrogens (tertiary/aromatic N) is 2. The van der Waals surface area contributed by atoms with Crippen LogP contribution in [0.15, 0.2) is 12.4 Å². The van der Waals surface area contributed by atoms with Gasteiger partial charge in [0.05, 0.1) is 12.4 Å². The van der Waals surface area contributed by atoms with E-state index in [1.807, 2.05) is 0 Å². The lowest BCUT2D eigenvalue weighted by Crippen LogP contribution is -2.24. The molecule has 1 aromatic rings. The van der Waals surface area contributed by atoms with E-state index in [4.69, 9.17) is 11.6 Å². The lowest BCUT2D eigenvalue weighted by molar-refractivity contribution is -0.117. The SMILES string of the molecule is CC(CC(=O)Nc1cncc(Cl)n1)C(C)(C)C. The number of carbonyl (C=O) groups excluding carboxylic acids is 1. The maximum atomic E-state index is 11.8. The van der Waals surface area contributed by atoms with Crippen molar-refractivity contribution in [1.82, 2.24) is 9.97 Å². The average Bonchev–Trinajstić information content (AvgIpc) is 2.15. The molecule has 0 saturated carbocycles. The average molecular weight is 256 g/mol. The Hall–Kier alpha value is -1.16. The molecule has 1 heterocycles. The van der Waals surface area contributed by atoms with Crippen molar-refractivity contribution in [2.45, 2.75) is 34.1 Å². The van der Waals surface area contributed by atoms with Crippen LogP contribution in [0.4, 0.5) is 5.82 Å². The van der Waals surface area contributed by atoms with E-state index in [2.05, 4.69) is 43.0 Å². The Morgan fingerprint density at radius 3 is 2.65 bits per heavy atom. The number of hydrogen-bond donors (Lipinski definition) is 1. The van der Waals surface area contributed by atoms with Crippen LogP contribution >= 0.6 is 11.6 Å². The van der Waals surface area contributed by atoms with E-state index in [1.165, 1.54) is 12.4 Å².